The second-order valence-electron chi connectivity index (χ2n) is 5.55. The summed E-state index contributed by atoms with van der Waals surface area (Å²) in [6.07, 6.45) is 9.94. The highest BCUT2D eigenvalue weighted by Gasteiger charge is 2.17. The Morgan fingerprint density at radius 2 is 1.76 bits per heavy atom. The van der Waals surface area contributed by atoms with Crippen LogP contribution in [-0.2, 0) is 4.79 Å². The average Bonchev–Trinajstić information content (AvgIpc) is 2.88. The van der Waals surface area contributed by atoms with Crippen molar-refractivity contribution in [1.82, 2.24) is 10.2 Å². The lowest BCUT2D eigenvalue weighted by molar-refractivity contribution is -0.131. The molecule has 1 aliphatic heterocycles. The van der Waals surface area contributed by atoms with Gasteiger partial charge in [0.25, 0.3) is 0 Å². The van der Waals surface area contributed by atoms with E-state index >= 15 is 0 Å². The molecule has 0 atom stereocenters. The molecule has 2 fully saturated rings. The maximum absolute atomic E-state index is 11.9. The molecule has 0 radical (unpaired) electrons. The van der Waals surface area contributed by atoms with Crippen LogP contribution in [-0.4, -0.2) is 37.0 Å². The van der Waals surface area contributed by atoms with Gasteiger partial charge in [0.05, 0.1) is 0 Å². The number of hydrogen-bond acceptors (Lipinski definition) is 2. The first kappa shape index (κ1) is 12.9. The van der Waals surface area contributed by atoms with Crippen LogP contribution in [0.5, 0.6) is 0 Å². The number of carbonyl (C=O) groups is 1. The molecule has 0 aromatic heterocycles. The van der Waals surface area contributed by atoms with Crippen molar-refractivity contribution in [3.8, 4) is 0 Å². The molecule has 0 aromatic carbocycles. The van der Waals surface area contributed by atoms with Gasteiger partial charge in [-0.25, -0.2) is 0 Å². The summed E-state index contributed by atoms with van der Waals surface area (Å²) in [4.78, 5) is 13.9. The van der Waals surface area contributed by atoms with Gasteiger partial charge in [0.1, 0.15) is 0 Å². The fourth-order valence-electron chi connectivity index (χ4n) is 3.02. The summed E-state index contributed by atoms with van der Waals surface area (Å²) in [5, 5.41) is 3.45. The van der Waals surface area contributed by atoms with E-state index in [1.807, 2.05) is 4.90 Å². The van der Waals surface area contributed by atoms with Gasteiger partial charge in [0.2, 0.25) is 5.91 Å². The topological polar surface area (TPSA) is 32.3 Å². The third-order valence-electron chi connectivity index (χ3n) is 4.13. The van der Waals surface area contributed by atoms with Crippen LogP contribution in [0.4, 0.5) is 0 Å². The van der Waals surface area contributed by atoms with Crippen LogP contribution in [0.1, 0.15) is 51.4 Å². The van der Waals surface area contributed by atoms with E-state index in [2.05, 4.69) is 5.32 Å². The summed E-state index contributed by atoms with van der Waals surface area (Å²) in [5.74, 6) is 1.23. The molecule has 2 rings (SSSR count). The number of likely N-dealkylation sites (tertiary alicyclic amines) is 1. The van der Waals surface area contributed by atoms with Gasteiger partial charge in [0, 0.05) is 26.1 Å². The van der Waals surface area contributed by atoms with Crippen molar-refractivity contribution in [2.45, 2.75) is 51.4 Å². The third-order valence-corrected chi connectivity index (χ3v) is 4.13. The zero-order chi connectivity index (χ0) is 11.9. The van der Waals surface area contributed by atoms with Crippen molar-refractivity contribution in [2.24, 2.45) is 5.92 Å². The maximum Gasteiger partial charge on any atom is 0.223 e. The molecule has 3 heteroatoms. The van der Waals surface area contributed by atoms with Crippen molar-refractivity contribution in [3.63, 3.8) is 0 Å². The summed E-state index contributed by atoms with van der Waals surface area (Å²) in [7, 11) is 0. The first-order chi connectivity index (χ1) is 8.36. The highest BCUT2D eigenvalue weighted by Crippen LogP contribution is 2.23. The molecule has 1 saturated heterocycles. The zero-order valence-electron chi connectivity index (χ0n) is 10.9. The predicted molar refractivity (Wildman–Crippen MR) is 69.9 cm³/mol. The van der Waals surface area contributed by atoms with Crippen molar-refractivity contribution in [1.29, 1.82) is 0 Å². The minimum absolute atomic E-state index is 0.351. The van der Waals surface area contributed by atoms with Crippen LogP contribution in [0.15, 0.2) is 0 Å². The standard InChI is InChI=1S/C14H26N2O/c17-14(16-10-4-1-5-11-16)8-9-15-12-13-6-2-3-7-13/h13,15H,1-12H2. The molecule has 1 heterocycles. The lowest BCUT2D eigenvalue weighted by Gasteiger charge is -2.26. The Morgan fingerprint density at radius 1 is 1.06 bits per heavy atom. The van der Waals surface area contributed by atoms with Crippen LogP contribution in [0, 0.1) is 5.92 Å². The molecule has 17 heavy (non-hydrogen) atoms. The van der Waals surface area contributed by atoms with E-state index in [4.69, 9.17) is 0 Å². The van der Waals surface area contributed by atoms with Crippen LogP contribution in [0.2, 0.25) is 0 Å². The van der Waals surface area contributed by atoms with E-state index < -0.39 is 0 Å². The number of nitrogens with zero attached hydrogens (tertiary/aromatic N) is 1. The van der Waals surface area contributed by atoms with Gasteiger partial charge in [-0.3, -0.25) is 4.79 Å². The number of amides is 1. The van der Waals surface area contributed by atoms with Gasteiger partial charge in [0.15, 0.2) is 0 Å². The Hall–Kier alpha value is -0.570. The lowest BCUT2D eigenvalue weighted by Crippen LogP contribution is -2.37. The smallest absolute Gasteiger partial charge is 0.223 e. The van der Waals surface area contributed by atoms with Crippen LogP contribution in [0.3, 0.4) is 0 Å². The van der Waals surface area contributed by atoms with Crippen molar-refractivity contribution < 1.29 is 4.79 Å². The number of rotatable bonds is 5. The Labute approximate surface area is 105 Å². The highest BCUT2D eigenvalue weighted by molar-refractivity contribution is 5.76. The Morgan fingerprint density at radius 3 is 2.47 bits per heavy atom. The van der Waals surface area contributed by atoms with E-state index in [1.54, 1.807) is 0 Å². The summed E-state index contributed by atoms with van der Waals surface area (Å²) in [6, 6.07) is 0. The number of hydrogen-bond donors (Lipinski definition) is 1. The second kappa shape index (κ2) is 7.00. The fraction of sp³-hybridized carbons (Fsp3) is 0.929. The highest BCUT2D eigenvalue weighted by atomic mass is 16.2. The fourth-order valence-corrected chi connectivity index (χ4v) is 3.02. The van der Waals surface area contributed by atoms with E-state index in [9.17, 15) is 4.79 Å². The molecule has 3 nitrogen and oxygen atoms in total. The van der Waals surface area contributed by atoms with Crippen molar-refractivity contribution >= 4 is 5.91 Å². The summed E-state index contributed by atoms with van der Waals surface area (Å²) < 4.78 is 0. The average molecular weight is 238 g/mol. The van der Waals surface area contributed by atoms with Gasteiger partial charge in [-0.15, -0.1) is 0 Å². The Bertz CT molecular complexity index is 230. The van der Waals surface area contributed by atoms with Crippen LogP contribution >= 0.6 is 0 Å². The molecule has 0 spiro atoms. The Kier molecular flexibility index (Phi) is 5.30. The van der Waals surface area contributed by atoms with Gasteiger partial charge in [-0.2, -0.15) is 0 Å². The molecule has 0 aromatic rings. The molecule has 0 unspecified atom stereocenters. The van der Waals surface area contributed by atoms with E-state index in [-0.39, 0.29) is 0 Å². The molecule has 1 aliphatic carbocycles. The quantitative estimate of drug-likeness (QED) is 0.745. The maximum atomic E-state index is 11.9. The monoisotopic (exact) mass is 238 g/mol. The van der Waals surface area contributed by atoms with Crippen LogP contribution in [0.25, 0.3) is 0 Å². The zero-order valence-corrected chi connectivity index (χ0v) is 10.9. The molecule has 0 bridgehead atoms. The minimum Gasteiger partial charge on any atom is -0.343 e. The molecule has 1 saturated carbocycles. The third kappa shape index (κ3) is 4.30. The number of carbonyl (C=O) groups excluding carboxylic acids is 1. The number of nitrogens with one attached hydrogen (secondary N) is 1. The second-order valence-corrected chi connectivity index (χ2v) is 5.55. The molecule has 2 aliphatic rings. The van der Waals surface area contributed by atoms with Crippen molar-refractivity contribution in [2.75, 3.05) is 26.2 Å². The first-order valence-electron chi connectivity index (χ1n) is 7.35. The summed E-state index contributed by atoms with van der Waals surface area (Å²) in [5.41, 5.74) is 0. The SMILES string of the molecule is O=C(CCNCC1CCCC1)N1CCCCC1. The summed E-state index contributed by atoms with van der Waals surface area (Å²) in [6.45, 7) is 3.96. The largest absolute Gasteiger partial charge is 0.343 e. The van der Waals surface area contributed by atoms with Gasteiger partial charge < -0.3 is 10.2 Å². The normalized spacial score (nSPS) is 22.0. The van der Waals surface area contributed by atoms with Gasteiger partial charge >= 0.3 is 0 Å². The van der Waals surface area contributed by atoms with Gasteiger partial charge in [-0.05, 0) is 44.6 Å². The lowest BCUT2D eigenvalue weighted by atomic mass is 10.1. The minimum atomic E-state index is 0.351. The molecule has 1 N–H and O–H groups in total. The van der Waals surface area contributed by atoms with Crippen molar-refractivity contribution in [3.05, 3.63) is 0 Å². The van der Waals surface area contributed by atoms with E-state index in [0.29, 0.717) is 12.3 Å². The van der Waals surface area contributed by atoms with E-state index in [0.717, 1.165) is 32.1 Å². The number of piperidine rings is 1. The first-order valence-corrected chi connectivity index (χ1v) is 7.35. The molecular formula is C14H26N2O. The molecule has 1 amide bonds. The molecule has 98 valence electrons. The molecular weight excluding hydrogens is 212 g/mol. The predicted octanol–water partition coefficient (Wildman–Crippen LogP) is 2.17. The van der Waals surface area contributed by atoms with Gasteiger partial charge in [-0.1, -0.05) is 12.8 Å². The van der Waals surface area contributed by atoms with Crippen LogP contribution < -0.4 is 5.32 Å². The Balaban J connectivity index is 1.53. The van der Waals surface area contributed by atoms with E-state index in [1.165, 1.54) is 44.9 Å². The summed E-state index contributed by atoms with van der Waals surface area (Å²) >= 11 is 0.